The van der Waals surface area contributed by atoms with Gasteiger partial charge in [0.15, 0.2) is 17.3 Å². The van der Waals surface area contributed by atoms with Gasteiger partial charge in [0, 0.05) is 13.1 Å². The molecule has 2 aromatic rings. The normalized spacial score (nSPS) is 18.1. The second-order valence-electron chi connectivity index (χ2n) is 5.78. The van der Waals surface area contributed by atoms with E-state index in [1.807, 2.05) is 11.9 Å². The molecular weight excluding hydrogens is 296 g/mol. The number of hydrogen-bond donors (Lipinski definition) is 3. The van der Waals surface area contributed by atoms with Gasteiger partial charge in [0.05, 0.1) is 6.20 Å². The standard InChI is InChI=1S/C14H16N8O/c1-22-12-11(13(23)21-14(22)3-2-4-14)16-6-10(20-12)19-9-5-8(15)17-7-18-9/h5-7H,2-4H2,1H3,(H,21,23)(H3,15,17,18,19,20). The molecule has 2 aliphatic rings. The number of amides is 1. The van der Waals surface area contributed by atoms with Crippen molar-refractivity contribution in [3.63, 3.8) is 0 Å². The molecule has 9 heteroatoms. The number of nitrogens with one attached hydrogen (secondary N) is 2. The van der Waals surface area contributed by atoms with E-state index in [1.165, 1.54) is 12.5 Å². The van der Waals surface area contributed by atoms with Crippen LogP contribution < -0.4 is 21.3 Å². The molecule has 23 heavy (non-hydrogen) atoms. The van der Waals surface area contributed by atoms with E-state index in [0.29, 0.717) is 29.0 Å². The van der Waals surface area contributed by atoms with Gasteiger partial charge in [0.2, 0.25) is 0 Å². The number of fused-ring (bicyclic) bond motifs is 1. The highest BCUT2D eigenvalue weighted by Gasteiger charge is 2.47. The molecule has 4 rings (SSSR count). The summed E-state index contributed by atoms with van der Waals surface area (Å²) in [6, 6.07) is 1.60. The SMILES string of the molecule is CN1c2nc(Nc3cc(N)ncn3)cnc2C(=O)NC12CCC2. The van der Waals surface area contributed by atoms with Crippen molar-refractivity contribution in [1.82, 2.24) is 25.3 Å². The van der Waals surface area contributed by atoms with E-state index in [-0.39, 0.29) is 11.6 Å². The van der Waals surface area contributed by atoms with Crippen LogP contribution in [-0.4, -0.2) is 38.6 Å². The van der Waals surface area contributed by atoms with Crippen LogP contribution in [-0.2, 0) is 0 Å². The average molecular weight is 312 g/mol. The summed E-state index contributed by atoms with van der Waals surface area (Å²) in [5.74, 6) is 1.77. The Balaban J connectivity index is 1.68. The molecule has 0 bridgehead atoms. The fourth-order valence-electron chi connectivity index (χ4n) is 2.93. The molecule has 0 radical (unpaired) electrons. The second-order valence-corrected chi connectivity index (χ2v) is 5.78. The molecule has 1 spiro atoms. The van der Waals surface area contributed by atoms with Crippen LogP contribution in [0.1, 0.15) is 29.8 Å². The average Bonchev–Trinajstić information content (AvgIpc) is 2.49. The molecule has 118 valence electrons. The van der Waals surface area contributed by atoms with Crippen molar-refractivity contribution in [1.29, 1.82) is 0 Å². The van der Waals surface area contributed by atoms with E-state index in [0.717, 1.165) is 19.3 Å². The predicted octanol–water partition coefficient (Wildman–Crippen LogP) is 0.652. The first kappa shape index (κ1) is 13.7. The molecule has 4 N–H and O–H groups in total. The fourth-order valence-corrected chi connectivity index (χ4v) is 2.93. The summed E-state index contributed by atoms with van der Waals surface area (Å²) in [5.41, 5.74) is 5.64. The Morgan fingerprint density at radius 3 is 2.83 bits per heavy atom. The number of nitrogens with two attached hydrogens (primary N) is 1. The Labute approximate surface area is 132 Å². The van der Waals surface area contributed by atoms with Gasteiger partial charge in [-0.25, -0.2) is 19.9 Å². The number of aromatic nitrogens is 4. The van der Waals surface area contributed by atoms with Gasteiger partial charge in [0.25, 0.3) is 5.91 Å². The smallest absolute Gasteiger partial charge is 0.275 e. The highest BCUT2D eigenvalue weighted by Crippen LogP contribution is 2.40. The van der Waals surface area contributed by atoms with E-state index in [4.69, 9.17) is 5.73 Å². The Morgan fingerprint density at radius 2 is 2.13 bits per heavy atom. The quantitative estimate of drug-likeness (QED) is 0.739. The van der Waals surface area contributed by atoms with Crippen LogP contribution in [0.25, 0.3) is 0 Å². The molecule has 1 aliphatic heterocycles. The summed E-state index contributed by atoms with van der Waals surface area (Å²) < 4.78 is 0. The Morgan fingerprint density at radius 1 is 1.30 bits per heavy atom. The zero-order valence-electron chi connectivity index (χ0n) is 12.6. The molecule has 0 aromatic carbocycles. The zero-order chi connectivity index (χ0) is 16.0. The van der Waals surface area contributed by atoms with E-state index < -0.39 is 0 Å². The summed E-state index contributed by atoms with van der Waals surface area (Å²) in [4.78, 5) is 30.9. The Hall–Kier alpha value is -2.97. The first-order valence-corrected chi connectivity index (χ1v) is 7.35. The molecule has 1 fully saturated rings. The number of anilines is 4. The van der Waals surface area contributed by atoms with Crippen LogP contribution in [0, 0.1) is 0 Å². The summed E-state index contributed by atoms with van der Waals surface area (Å²) >= 11 is 0. The maximum absolute atomic E-state index is 12.3. The van der Waals surface area contributed by atoms with Crippen LogP contribution in [0.3, 0.4) is 0 Å². The molecule has 1 saturated carbocycles. The highest BCUT2D eigenvalue weighted by atomic mass is 16.2. The third-order valence-corrected chi connectivity index (χ3v) is 4.40. The van der Waals surface area contributed by atoms with Gasteiger partial charge in [0.1, 0.15) is 23.6 Å². The molecule has 1 aliphatic carbocycles. The van der Waals surface area contributed by atoms with Crippen molar-refractivity contribution in [2.24, 2.45) is 0 Å². The summed E-state index contributed by atoms with van der Waals surface area (Å²) in [5, 5.41) is 6.07. The lowest BCUT2D eigenvalue weighted by molar-refractivity contribution is 0.0793. The zero-order valence-corrected chi connectivity index (χ0v) is 12.6. The molecule has 2 aromatic heterocycles. The van der Waals surface area contributed by atoms with Crippen molar-refractivity contribution < 1.29 is 4.79 Å². The second kappa shape index (κ2) is 4.77. The maximum atomic E-state index is 12.3. The van der Waals surface area contributed by atoms with Gasteiger partial charge in [-0.3, -0.25) is 4.79 Å². The van der Waals surface area contributed by atoms with Crippen LogP contribution >= 0.6 is 0 Å². The summed E-state index contributed by atoms with van der Waals surface area (Å²) in [6.07, 6.45) is 5.79. The van der Waals surface area contributed by atoms with Crippen molar-refractivity contribution in [3.05, 3.63) is 24.3 Å². The largest absolute Gasteiger partial charge is 0.384 e. The number of carbonyl (C=O) groups excluding carboxylic acids is 1. The van der Waals surface area contributed by atoms with Crippen LogP contribution in [0.4, 0.5) is 23.3 Å². The summed E-state index contributed by atoms with van der Waals surface area (Å²) in [7, 11) is 1.93. The number of carbonyl (C=O) groups is 1. The molecule has 0 saturated heterocycles. The minimum Gasteiger partial charge on any atom is -0.384 e. The van der Waals surface area contributed by atoms with Crippen molar-refractivity contribution in [2.45, 2.75) is 24.9 Å². The fraction of sp³-hybridized carbons (Fsp3) is 0.357. The minimum atomic E-state index is -0.323. The van der Waals surface area contributed by atoms with Gasteiger partial charge in [-0.2, -0.15) is 0 Å². The Kier molecular flexibility index (Phi) is 2.83. The summed E-state index contributed by atoms with van der Waals surface area (Å²) in [6.45, 7) is 0. The van der Waals surface area contributed by atoms with Crippen LogP contribution in [0.5, 0.6) is 0 Å². The molecule has 9 nitrogen and oxygen atoms in total. The number of nitrogens with zero attached hydrogens (tertiary/aromatic N) is 5. The van der Waals surface area contributed by atoms with Gasteiger partial charge in [-0.15, -0.1) is 0 Å². The minimum absolute atomic E-state index is 0.178. The monoisotopic (exact) mass is 312 g/mol. The number of rotatable bonds is 2. The lowest BCUT2D eigenvalue weighted by Gasteiger charge is -2.51. The van der Waals surface area contributed by atoms with Gasteiger partial charge < -0.3 is 21.3 Å². The van der Waals surface area contributed by atoms with E-state index in [9.17, 15) is 4.79 Å². The molecule has 0 unspecified atom stereocenters. The lowest BCUT2D eigenvalue weighted by Crippen LogP contribution is -2.67. The third-order valence-electron chi connectivity index (χ3n) is 4.40. The number of hydrogen-bond acceptors (Lipinski definition) is 8. The first-order chi connectivity index (χ1) is 11.1. The van der Waals surface area contributed by atoms with Crippen molar-refractivity contribution in [3.8, 4) is 0 Å². The predicted molar refractivity (Wildman–Crippen MR) is 84.2 cm³/mol. The molecule has 1 amide bonds. The van der Waals surface area contributed by atoms with E-state index >= 15 is 0 Å². The van der Waals surface area contributed by atoms with E-state index in [2.05, 4.69) is 30.6 Å². The van der Waals surface area contributed by atoms with Gasteiger partial charge in [-0.1, -0.05) is 0 Å². The van der Waals surface area contributed by atoms with Gasteiger partial charge >= 0.3 is 0 Å². The van der Waals surface area contributed by atoms with Crippen LogP contribution in [0.2, 0.25) is 0 Å². The molecular formula is C14H16N8O. The van der Waals surface area contributed by atoms with Gasteiger partial charge in [-0.05, 0) is 19.3 Å². The topological polar surface area (TPSA) is 122 Å². The number of nitrogen functional groups attached to an aromatic ring is 1. The third kappa shape index (κ3) is 2.12. The van der Waals surface area contributed by atoms with Crippen LogP contribution in [0.15, 0.2) is 18.6 Å². The van der Waals surface area contributed by atoms with E-state index in [1.54, 1.807) is 6.07 Å². The molecule has 0 atom stereocenters. The highest BCUT2D eigenvalue weighted by molar-refractivity contribution is 6.00. The maximum Gasteiger partial charge on any atom is 0.275 e. The molecule has 3 heterocycles. The van der Waals surface area contributed by atoms with Crippen molar-refractivity contribution >= 4 is 29.2 Å². The van der Waals surface area contributed by atoms with Crippen molar-refractivity contribution in [2.75, 3.05) is 23.0 Å². The lowest BCUT2D eigenvalue weighted by atomic mass is 9.82. The Bertz CT molecular complexity index is 788. The first-order valence-electron chi connectivity index (χ1n) is 7.35.